The van der Waals surface area contributed by atoms with Gasteiger partial charge in [0, 0.05) is 54.9 Å². The van der Waals surface area contributed by atoms with E-state index in [1.807, 2.05) is 13.0 Å². The summed E-state index contributed by atoms with van der Waals surface area (Å²) in [7, 11) is 0. The third kappa shape index (κ3) is 3.61. The molecule has 1 saturated heterocycles. The zero-order chi connectivity index (χ0) is 18.8. The lowest BCUT2D eigenvalue weighted by Crippen LogP contribution is -2.28. The molecule has 0 spiro atoms. The number of carbonyl (C=O) groups excluding carboxylic acids is 1. The highest BCUT2D eigenvalue weighted by atomic mass is 16.5. The fourth-order valence-corrected chi connectivity index (χ4v) is 3.32. The fraction of sp³-hybridized carbons (Fsp3) is 0.368. The molecule has 0 aromatic carbocycles. The van der Waals surface area contributed by atoms with Crippen LogP contribution in [0, 0.1) is 0 Å². The summed E-state index contributed by atoms with van der Waals surface area (Å²) in [6.07, 6.45) is 4.97. The highest BCUT2D eigenvalue weighted by Gasteiger charge is 2.20. The number of nitrogens with one attached hydrogen (secondary N) is 2. The molecule has 1 atom stereocenters. The number of hydrogen-bond donors (Lipinski definition) is 2. The third-order valence-corrected chi connectivity index (χ3v) is 4.88. The molecule has 27 heavy (non-hydrogen) atoms. The van der Waals surface area contributed by atoms with E-state index in [1.54, 1.807) is 24.5 Å². The summed E-state index contributed by atoms with van der Waals surface area (Å²) in [6.45, 7) is 3.26. The zero-order valence-corrected chi connectivity index (χ0v) is 15.0. The summed E-state index contributed by atoms with van der Waals surface area (Å²) in [5.41, 5.74) is 2.40. The van der Waals surface area contributed by atoms with E-state index in [2.05, 4.69) is 20.4 Å². The molecular formula is C19H21N5O3. The number of ether oxygens (including phenoxy) is 1. The molecule has 0 saturated carbocycles. The van der Waals surface area contributed by atoms with E-state index < -0.39 is 6.04 Å². The number of rotatable bonds is 4. The van der Waals surface area contributed by atoms with Crippen molar-refractivity contribution in [2.45, 2.75) is 31.7 Å². The third-order valence-electron chi connectivity index (χ3n) is 4.88. The first-order valence-electron chi connectivity index (χ1n) is 9.03. The first-order chi connectivity index (χ1) is 13.1. The lowest BCUT2D eigenvalue weighted by atomic mass is 9.97. The molecule has 0 aliphatic carbocycles. The van der Waals surface area contributed by atoms with Crippen molar-refractivity contribution >= 4 is 11.6 Å². The van der Waals surface area contributed by atoms with E-state index in [9.17, 15) is 9.59 Å². The van der Waals surface area contributed by atoms with Gasteiger partial charge < -0.3 is 10.1 Å². The van der Waals surface area contributed by atoms with E-state index in [1.165, 1.54) is 10.6 Å². The molecule has 1 fully saturated rings. The van der Waals surface area contributed by atoms with Crippen LogP contribution >= 0.6 is 0 Å². The average Bonchev–Trinajstić information content (AvgIpc) is 3.14. The van der Waals surface area contributed by atoms with Crippen molar-refractivity contribution in [3.63, 3.8) is 0 Å². The van der Waals surface area contributed by atoms with Gasteiger partial charge in [-0.2, -0.15) is 0 Å². The Hall–Kier alpha value is -3.00. The molecule has 1 aliphatic rings. The Bertz CT molecular complexity index is 1010. The highest BCUT2D eigenvalue weighted by Crippen LogP contribution is 2.26. The van der Waals surface area contributed by atoms with Crippen LogP contribution in [0.1, 0.15) is 53.5 Å². The molecule has 140 valence electrons. The summed E-state index contributed by atoms with van der Waals surface area (Å²) in [6, 6.07) is 6.25. The van der Waals surface area contributed by atoms with E-state index in [4.69, 9.17) is 4.74 Å². The Morgan fingerprint density at radius 1 is 1.30 bits per heavy atom. The van der Waals surface area contributed by atoms with E-state index in [-0.39, 0.29) is 11.5 Å². The van der Waals surface area contributed by atoms with E-state index in [0.29, 0.717) is 22.8 Å². The maximum atomic E-state index is 12.5. The number of aromatic amines is 1. The van der Waals surface area contributed by atoms with Gasteiger partial charge in [0.1, 0.15) is 0 Å². The topological polar surface area (TPSA) is 101 Å². The Morgan fingerprint density at radius 3 is 2.78 bits per heavy atom. The van der Waals surface area contributed by atoms with Crippen LogP contribution in [0.2, 0.25) is 0 Å². The van der Waals surface area contributed by atoms with Gasteiger partial charge in [-0.1, -0.05) is 0 Å². The largest absolute Gasteiger partial charge is 0.381 e. The number of carbonyl (C=O) groups is 1. The molecule has 0 radical (unpaired) electrons. The van der Waals surface area contributed by atoms with Gasteiger partial charge in [0.05, 0.1) is 11.7 Å². The van der Waals surface area contributed by atoms with Crippen molar-refractivity contribution in [3.8, 4) is 0 Å². The second-order valence-corrected chi connectivity index (χ2v) is 6.74. The summed E-state index contributed by atoms with van der Waals surface area (Å²) in [4.78, 5) is 33.3. The van der Waals surface area contributed by atoms with Crippen LogP contribution in [0.4, 0.5) is 0 Å². The molecule has 3 aromatic heterocycles. The molecule has 8 heteroatoms. The second-order valence-electron chi connectivity index (χ2n) is 6.74. The predicted molar refractivity (Wildman–Crippen MR) is 98.7 cm³/mol. The minimum Gasteiger partial charge on any atom is -0.381 e. The van der Waals surface area contributed by atoms with Gasteiger partial charge in [-0.05, 0) is 31.9 Å². The van der Waals surface area contributed by atoms with Crippen molar-refractivity contribution in [3.05, 3.63) is 64.0 Å². The summed E-state index contributed by atoms with van der Waals surface area (Å²) in [5.74, 6) is 0.107. The number of hydrogen-bond acceptors (Lipinski definition) is 5. The lowest BCUT2D eigenvalue weighted by Gasteiger charge is -2.20. The predicted octanol–water partition coefficient (Wildman–Crippen LogP) is 1.80. The van der Waals surface area contributed by atoms with Crippen molar-refractivity contribution in [2.75, 3.05) is 13.2 Å². The highest BCUT2D eigenvalue weighted by molar-refractivity contribution is 5.94. The number of pyridine rings is 1. The number of amides is 1. The van der Waals surface area contributed by atoms with Crippen LogP contribution in [0.25, 0.3) is 5.65 Å². The normalized spacial score (nSPS) is 16.3. The van der Waals surface area contributed by atoms with Crippen molar-refractivity contribution in [1.29, 1.82) is 0 Å². The molecule has 4 rings (SSSR count). The summed E-state index contributed by atoms with van der Waals surface area (Å²) < 4.78 is 6.85. The number of aromatic nitrogens is 4. The van der Waals surface area contributed by atoms with Crippen LogP contribution in [-0.2, 0) is 4.74 Å². The second kappa shape index (κ2) is 7.32. The van der Waals surface area contributed by atoms with E-state index >= 15 is 0 Å². The molecule has 1 unspecified atom stereocenters. The maximum absolute atomic E-state index is 12.5. The molecule has 0 bridgehead atoms. The minimum absolute atomic E-state index is 0.196. The molecule has 8 nitrogen and oxygen atoms in total. The lowest BCUT2D eigenvalue weighted by molar-refractivity contribution is 0.0844. The van der Waals surface area contributed by atoms with Crippen LogP contribution < -0.4 is 10.9 Å². The maximum Gasteiger partial charge on any atom is 0.272 e. The monoisotopic (exact) mass is 367 g/mol. The van der Waals surface area contributed by atoms with Gasteiger partial charge in [0.2, 0.25) is 0 Å². The molecule has 1 aliphatic heterocycles. The van der Waals surface area contributed by atoms with Gasteiger partial charge in [-0.3, -0.25) is 19.7 Å². The van der Waals surface area contributed by atoms with Crippen molar-refractivity contribution in [2.24, 2.45) is 0 Å². The van der Waals surface area contributed by atoms with Crippen molar-refractivity contribution in [1.82, 2.24) is 24.9 Å². The van der Waals surface area contributed by atoms with Crippen LogP contribution in [0.5, 0.6) is 0 Å². The van der Waals surface area contributed by atoms with Gasteiger partial charge in [0.15, 0.2) is 5.65 Å². The molecule has 1 amide bonds. The fourth-order valence-electron chi connectivity index (χ4n) is 3.32. The van der Waals surface area contributed by atoms with Gasteiger partial charge >= 0.3 is 0 Å². The first kappa shape index (κ1) is 17.4. The minimum atomic E-state index is -0.398. The standard InChI is InChI=1S/C19H21N5O3/c1-12(21-19(26)14-2-6-20-7-3-14)15-11-18(25)24-17(22-15)10-16(23-24)13-4-8-27-9-5-13/h2-3,6-7,10-13,23H,4-5,8-9H2,1H3,(H,21,26). The van der Waals surface area contributed by atoms with Crippen LogP contribution in [-0.4, -0.2) is 38.7 Å². The smallest absolute Gasteiger partial charge is 0.272 e. The Kier molecular flexibility index (Phi) is 4.72. The van der Waals surface area contributed by atoms with Crippen LogP contribution in [0.3, 0.4) is 0 Å². The van der Waals surface area contributed by atoms with Crippen LogP contribution in [0.15, 0.2) is 41.5 Å². The number of nitrogens with zero attached hydrogens (tertiary/aromatic N) is 3. The summed E-state index contributed by atoms with van der Waals surface area (Å²) in [5, 5.41) is 6.03. The van der Waals surface area contributed by atoms with Crippen molar-refractivity contribution < 1.29 is 9.53 Å². The molecule has 4 heterocycles. The Labute approximate surface area is 155 Å². The molecule has 2 N–H and O–H groups in total. The SMILES string of the molecule is CC(NC(=O)c1ccncc1)c1cc(=O)n2[nH]c(C3CCOCC3)cc2n1. The van der Waals surface area contributed by atoms with Gasteiger partial charge in [0.25, 0.3) is 11.5 Å². The first-order valence-corrected chi connectivity index (χ1v) is 9.03. The number of fused-ring (bicyclic) bond motifs is 1. The Balaban J connectivity index is 1.58. The zero-order valence-electron chi connectivity index (χ0n) is 15.0. The summed E-state index contributed by atoms with van der Waals surface area (Å²) >= 11 is 0. The Morgan fingerprint density at radius 2 is 2.04 bits per heavy atom. The van der Waals surface area contributed by atoms with Gasteiger partial charge in [-0.25, -0.2) is 9.50 Å². The van der Waals surface area contributed by atoms with Gasteiger partial charge in [-0.15, -0.1) is 0 Å². The number of H-pyrrole nitrogens is 1. The molecular weight excluding hydrogens is 346 g/mol. The average molecular weight is 367 g/mol. The van der Waals surface area contributed by atoms with E-state index in [0.717, 1.165) is 31.7 Å². The molecule has 3 aromatic rings. The quantitative estimate of drug-likeness (QED) is 0.732.